The summed E-state index contributed by atoms with van der Waals surface area (Å²) < 4.78 is 45.5. The molecule has 7 rings (SSSR count). The molecule has 3 spiro atoms. The van der Waals surface area contributed by atoms with Crippen molar-refractivity contribution in [3.05, 3.63) is 36.0 Å². The minimum absolute atomic E-state index is 0.0385. The number of hydrogen-bond donors (Lipinski definition) is 5. The number of rotatable bonds is 10. The standard InChI is InChI=1S/C45H70O13/c1-25-21-35(56-45(23-25)36(47)13-12-32(55-45)24-42(7,51)41(49)50)26(2)10-11-31-15-17-43(54-31)18-16-34-40(57-43)37(48)30(6)39(53-34)33(46)22-28(4)38-27(3)14-19-44(58-38)29(5)9-8-20-52-44/h10-11,23,26-29,31-40,46-48,51H,6,8-9,12-22,24H2,1-5,7H3,(H,49,50)/b11-10+/t26-,27-,28+,29-,31+,32+,33+,34-,35+,36-,37-,38?,39+,40-,42-,43-,44-,45-/m1/s1. The molecule has 18 atom stereocenters. The van der Waals surface area contributed by atoms with Crippen molar-refractivity contribution in [3.8, 4) is 0 Å². The molecule has 13 heteroatoms. The highest BCUT2D eigenvalue weighted by Crippen LogP contribution is 2.48. The summed E-state index contributed by atoms with van der Waals surface area (Å²) in [7, 11) is 0. The molecule has 1 unspecified atom stereocenters. The quantitative estimate of drug-likeness (QED) is 0.176. The van der Waals surface area contributed by atoms with Crippen LogP contribution in [0.3, 0.4) is 0 Å². The van der Waals surface area contributed by atoms with Gasteiger partial charge in [0.25, 0.3) is 0 Å². The summed E-state index contributed by atoms with van der Waals surface area (Å²) in [6.07, 6.45) is 8.36. The fourth-order valence-electron chi connectivity index (χ4n) is 10.9. The van der Waals surface area contributed by atoms with Crippen molar-refractivity contribution < 1.29 is 63.5 Å². The molecule has 13 nitrogen and oxygen atoms in total. The Morgan fingerprint density at radius 2 is 1.78 bits per heavy atom. The largest absolute Gasteiger partial charge is 0.479 e. The number of ether oxygens (including phenoxy) is 7. The van der Waals surface area contributed by atoms with E-state index in [4.69, 9.17) is 33.2 Å². The van der Waals surface area contributed by atoms with Crippen molar-refractivity contribution in [3.63, 3.8) is 0 Å². The highest BCUT2D eigenvalue weighted by Gasteiger charge is 2.55. The number of carboxylic acids is 1. The number of aliphatic hydroxyl groups excluding tert-OH is 3. The highest BCUT2D eigenvalue weighted by molar-refractivity contribution is 5.76. The molecule has 0 saturated carbocycles. The van der Waals surface area contributed by atoms with Crippen LogP contribution in [0, 0.1) is 23.7 Å². The van der Waals surface area contributed by atoms with Gasteiger partial charge in [-0.2, -0.15) is 0 Å². The molecule has 0 aromatic carbocycles. The monoisotopic (exact) mass is 818 g/mol. The molecule has 0 aromatic rings. The van der Waals surface area contributed by atoms with Crippen LogP contribution >= 0.6 is 0 Å². The fourth-order valence-corrected chi connectivity index (χ4v) is 10.9. The third-order valence-electron chi connectivity index (χ3n) is 14.5. The van der Waals surface area contributed by atoms with E-state index in [0.29, 0.717) is 62.4 Å². The normalized spacial score (nSPS) is 46.1. The second-order valence-corrected chi connectivity index (χ2v) is 19.4. The van der Waals surface area contributed by atoms with Crippen molar-refractivity contribution >= 4 is 5.97 Å². The first-order chi connectivity index (χ1) is 27.3. The van der Waals surface area contributed by atoms with Crippen LogP contribution < -0.4 is 0 Å². The summed E-state index contributed by atoms with van der Waals surface area (Å²) in [5, 5.41) is 54.1. The third-order valence-corrected chi connectivity index (χ3v) is 14.5. The SMILES string of the molecule is C=C1[C@@H](O)[C@@H]2O[C@]3(CC[C@H](/C=C/[C@@H](C)[C@@H]4CC(C)=C[C@@]5(O[C@H](C[C@@](C)(O)C(=O)O)CC[C@H]5O)O4)O3)CC[C@H]2O[C@@H]1[C@@H](O)C[C@H](C)C1O[C@@]2(CC[C@H]1C)OCCC[C@H]2C. The maximum absolute atomic E-state index is 11.6. The molecule has 328 valence electrons. The van der Waals surface area contributed by atoms with Crippen molar-refractivity contribution in [2.45, 2.75) is 209 Å². The van der Waals surface area contributed by atoms with E-state index in [1.165, 1.54) is 6.92 Å². The summed E-state index contributed by atoms with van der Waals surface area (Å²) in [6, 6.07) is 0. The van der Waals surface area contributed by atoms with E-state index in [1.807, 2.05) is 19.9 Å². The zero-order chi connectivity index (χ0) is 41.8. The van der Waals surface area contributed by atoms with E-state index in [1.54, 1.807) is 6.08 Å². The lowest BCUT2D eigenvalue weighted by Gasteiger charge is -2.51. The molecule has 0 amide bonds. The van der Waals surface area contributed by atoms with E-state index in [-0.39, 0.29) is 36.6 Å². The number of aliphatic hydroxyl groups is 4. The van der Waals surface area contributed by atoms with Gasteiger partial charge < -0.3 is 58.7 Å². The first kappa shape index (κ1) is 44.3. The maximum atomic E-state index is 11.6. The van der Waals surface area contributed by atoms with Gasteiger partial charge >= 0.3 is 5.97 Å². The lowest BCUT2D eigenvalue weighted by molar-refractivity contribution is -0.334. The number of carboxylic acid groups (broad SMARTS) is 1. The van der Waals surface area contributed by atoms with Crippen molar-refractivity contribution in [2.75, 3.05) is 6.61 Å². The molecule has 7 heterocycles. The van der Waals surface area contributed by atoms with Gasteiger partial charge in [0.05, 0.1) is 43.2 Å². The van der Waals surface area contributed by atoms with E-state index >= 15 is 0 Å². The minimum Gasteiger partial charge on any atom is -0.479 e. The van der Waals surface area contributed by atoms with E-state index in [2.05, 4.69) is 33.4 Å². The van der Waals surface area contributed by atoms with Gasteiger partial charge in [0.1, 0.15) is 24.4 Å². The van der Waals surface area contributed by atoms with E-state index in [0.717, 1.165) is 44.3 Å². The van der Waals surface area contributed by atoms with Crippen LogP contribution in [0.25, 0.3) is 0 Å². The summed E-state index contributed by atoms with van der Waals surface area (Å²) in [6.45, 7) is 16.7. The molecular weight excluding hydrogens is 748 g/mol. The predicted octanol–water partition coefficient (Wildman–Crippen LogP) is 5.46. The lowest BCUT2D eigenvalue weighted by atomic mass is 9.78. The Morgan fingerprint density at radius 3 is 2.52 bits per heavy atom. The molecule has 7 aliphatic rings. The van der Waals surface area contributed by atoms with Crippen LogP contribution in [-0.4, -0.2) is 122 Å². The average Bonchev–Trinajstić information content (AvgIpc) is 3.57. The van der Waals surface area contributed by atoms with Crippen LogP contribution in [0.5, 0.6) is 0 Å². The highest BCUT2D eigenvalue weighted by atomic mass is 16.7. The molecule has 0 radical (unpaired) electrons. The molecule has 6 fully saturated rings. The predicted molar refractivity (Wildman–Crippen MR) is 212 cm³/mol. The van der Waals surface area contributed by atoms with Crippen LogP contribution in [0.4, 0.5) is 0 Å². The third kappa shape index (κ3) is 8.93. The smallest absolute Gasteiger partial charge is 0.335 e. The molecule has 7 aliphatic heterocycles. The molecule has 0 aromatic heterocycles. The van der Waals surface area contributed by atoms with Crippen molar-refractivity contribution in [1.82, 2.24) is 0 Å². The fraction of sp³-hybridized carbons (Fsp3) is 0.844. The van der Waals surface area contributed by atoms with Gasteiger partial charge in [-0.3, -0.25) is 0 Å². The lowest BCUT2D eigenvalue weighted by Crippen LogP contribution is -2.60. The molecule has 0 bridgehead atoms. The topological polar surface area (TPSA) is 183 Å². The Labute approximate surface area is 344 Å². The van der Waals surface area contributed by atoms with Gasteiger partial charge in [0.15, 0.2) is 17.2 Å². The van der Waals surface area contributed by atoms with Crippen LogP contribution in [0.15, 0.2) is 36.0 Å². The Morgan fingerprint density at radius 1 is 1.02 bits per heavy atom. The molecule has 5 N–H and O–H groups in total. The van der Waals surface area contributed by atoms with E-state index < -0.39 is 71.7 Å². The summed E-state index contributed by atoms with van der Waals surface area (Å²) >= 11 is 0. The molecule has 0 aliphatic carbocycles. The Balaban J connectivity index is 0.922. The van der Waals surface area contributed by atoms with E-state index in [9.17, 15) is 30.3 Å². The van der Waals surface area contributed by atoms with Gasteiger partial charge in [-0.05, 0) is 95.1 Å². The molecule has 6 saturated heterocycles. The van der Waals surface area contributed by atoms with Crippen LogP contribution in [0.2, 0.25) is 0 Å². The summed E-state index contributed by atoms with van der Waals surface area (Å²) in [5.41, 5.74) is -0.554. The Hall–Kier alpha value is -1.75. The molecular formula is C45H70O13. The molecule has 58 heavy (non-hydrogen) atoms. The zero-order valence-electron chi connectivity index (χ0n) is 35.4. The second-order valence-electron chi connectivity index (χ2n) is 19.4. The van der Waals surface area contributed by atoms with Crippen LogP contribution in [-0.2, 0) is 38.0 Å². The zero-order valence-corrected chi connectivity index (χ0v) is 35.4. The first-order valence-electron chi connectivity index (χ1n) is 22.1. The maximum Gasteiger partial charge on any atom is 0.335 e. The summed E-state index contributed by atoms with van der Waals surface area (Å²) in [4.78, 5) is 11.6. The van der Waals surface area contributed by atoms with Crippen molar-refractivity contribution in [1.29, 1.82) is 0 Å². The second kappa shape index (κ2) is 17.2. The first-order valence-corrected chi connectivity index (χ1v) is 22.1. The summed E-state index contributed by atoms with van der Waals surface area (Å²) in [5.74, 6) is -3.56. The number of aliphatic carboxylic acids is 1. The number of fused-ring (bicyclic) bond motifs is 1. The average molecular weight is 819 g/mol. The Kier molecular flexibility index (Phi) is 13.1. The van der Waals surface area contributed by atoms with Gasteiger partial charge in [0.2, 0.25) is 5.79 Å². The Bertz CT molecular complexity index is 1550. The van der Waals surface area contributed by atoms with Gasteiger partial charge in [-0.1, -0.05) is 52.0 Å². The van der Waals surface area contributed by atoms with Gasteiger partial charge in [0, 0.05) is 37.5 Å². The van der Waals surface area contributed by atoms with Gasteiger partial charge in [-0.25, -0.2) is 4.79 Å². The number of hydrogen-bond acceptors (Lipinski definition) is 12. The van der Waals surface area contributed by atoms with Crippen molar-refractivity contribution in [2.24, 2.45) is 23.7 Å². The van der Waals surface area contributed by atoms with Gasteiger partial charge in [-0.15, -0.1) is 0 Å². The van der Waals surface area contributed by atoms with Crippen LogP contribution in [0.1, 0.15) is 125 Å². The minimum atomic E-state index is -1.96. The number of carbonyl (C=O) groups is 1.